The van der Waals surface area contributed by atoms with E-state index in [1.54, 1.807) is 6.20 Å². The molecule has 3 nitrogen and oxygen atoms in total. The van der Waals surface area contributed by atoms with E-state index in [0.29, 0.717) is 5.88 Å². The lowest BCUT2D eigenvalue weighted by Gasteiger charge is -2.10. The standard InChI is InChI=1S/C16H20N2O/c1-3-14-7-5-6-8-15(14)19-16-11-13(9-10-18-16)12-17-4-2/h5-11,17H,3-4,12H2,1-2H3. The molecule has 2 aromatic rings. The van der Waals surface area contributed by atoms with Gasteiger partial charge < -0.3 is 10.1 Å². The smallest absolute Gasteiger partial charge is 0.219 e. The first-order chi connectivity index (χ1) is 9.33. The number of aryl methyl sites for hydroxylation is 1. The molecule has 0 aliphatic heterocycles. The number of hydrogen-bond donors (Lipinski definition) is 1. The molecule has 0 fully saturated rings. The van der Waals surface area contributed by atoms with Crippen LogP contribution < -0.4 is 10.1 Å². The predicted molar refractivity (Wildman–Crippen MR) is 77.5 cm³/mol. The van der Waals surface area contributed by atoms with Crippen LogP contribution in [-0.2, 0) is 13.0 Å². The van der Waals surface area contributed by atoms with Gasteiger partial charge >= 0.3 is 0 Å². The Morgan fingerprint density at radius 3 is 2.79 bits per heavy atom. The van der Waals surface area contributed by atoms with Gasteiger partial charge in [0.25, 0.3) is 0 Å². The van der Waals surface area contributed by atoms with E-state index in [0.717, 1.165) is 25.3 Å². The Balaban J connectivity index is 2.14. The summed E-state index contributed by atoms with van der Waals surface area (Å²) in [5.41, 5.74) is 2.38. The van der Waals surface area contributed by atoms with E-state index < -0.39 is 0 Å². The molecule has 1 aromatic carbocycles. The lowest BCUT2D eigenvalue weighted by Crippen LogP contribution is -2.11. The number of ether oxygens (including phenoxy) is 1. The first kappa shape index (κ1) is 13.6. The molecule has 0 aliphatic rings. The Labute approximate surface area is 114 Å². The van der Waals surface area contributed by atoms with E-state index in [1.807, 2.05) is 30.3 Å². The summed E-state index contributed by atoms with van der Waals surface area (Å²) in [6.07, 6.45) is 2.74. The third-order valence-electron chi connectivity index (χ3n) is 2.95. The first-order valence-corrected chi connectivity index (χ1v) is 6.75. The normalized spacial score (nSPS) is 10.4. The van der Waals surface area contributed by atoms with Gasteiger partial charge in [0.05, 0.1) is 0 Å². The molecule has 3 heteroatoms. The van der Waals surface area contributed by atoms with Crippen LogP contribution in [0, 0.1) is 0 Å². The molecule has 0 radical (unpaired) electrons. The van der Waals surface area contributed by atoms with Crippen LogP contribution in [0.5, 0.6) is 11.6 Å². The van der Waals surface area contributed by atoms with Gasteiger partial charge in [0.1, 0.15) is 5.75 Å². The highest BCUT2D eigenvalue weighted by molar-refractivity contribution is 5.36. The summed E-state index contributed by atoms with van der Waals surface area (Å²) in [4.78, 5) is 4.27. The van der Waals surface area contributed by atoms with Crippen molar-refractivity contribution < 1.29 is 4.74 Å². The number of nitrogens with zero attached hydrogens (tertiary/aromatic N) is 1. The fraction of sp³-hybridized carbons (Fsp3) is 0.312. The van der Waals surface area contributed by atoms with E-state index in [1.165, 1.54) is 11.1 Å². The molecule has 1 N–H and O–H groups in total. The number of para-hydroxylation sites is 1. The highest BCUT2D eigenvalue weighted by atomic mass is 16.5. The average molecular weight is 256 g/mol. The summed E-state index contributed by atoms with van der Waals surface area (Å²) in [6, 6.07) is 12.1. The van der Waals surface area contributed by atoms with Crippen LogP contribution in [0.3, 0.4) is 0 Å². The van der Waals surface area contributed by atoms with Gasteiger partial charge in [-0.15, -0.1) is 0 Å². The summed E-state index contributed by atoms with van der Waals surface area (Å²) < 4.78 is 5.88. The molecule has 0 amide bonds. The van der Waals surface area contributed by atoms with Crippen LogP contribution in [0.2, 0.25) is 0 Å². The number of hydrogen-bond acceptors (Lipinski definition) is 3. The van der Waals surface area contributed by atoms with Crippen LogP contribution in [-0.4, -0.2) is 11.5 Å². The van der Waals surface area contributed by atoms with Crippen LogP contribution in [0.4, 0.5) is 0 Å². The summed E-state index contributed by atoms with van der Waals surface area (Å²) in [5, 5.41) is 3.29. The quantitative estimate of drug-likeness (QED) is 0.858. The zero-order chi connectivity index (χ0) is 13.5. The maximum Gasteiger partial charge on any atom is 0.219 e. The van der Waals surface area contributed by atoms with Crippen molar-refractivity contribution in [2.75, 3.05) is 6.54 Å². The van der Waals surface area contributed by atoms with Gasteiger partial charge in [-0.05, 0) is 36.2 Å². The van der Waals surface area contributed by atoms with Crippen LogP contribution in [0.1, 0.15) is 25.0 Å². The first-order valence-electron chi connectivity index (χ1n) is 6.75. The van der Waals surface area contributed by atoms with E-state index in [9.17, 15) is 0 Å². The van der Waals surface area contributed by atoms with Crippen LogP contribution in [0.25, 0.3) is 0 Å². The maximum atomic E-state index is 5.88. The minimum absolute atomic E-state index is 0.649. The number of rotatable bonds is 6. The molecular weight excluding hydrogens is 236 g/mol. The Morgan fingerprint density at radius 1 is 1.16 bits per heavy atom. The molecule has 0 spiro atoms. The lowest BCUT2D eigenvalue weighted by molar-refractivity contribution is 0.456. The van der Waals surface area contributed by atoms with Gasteiger partial charge in [-0.1, -0.05) is 32.0 Å². The topological polar surface area (TPSA) is 34.2 Å². The van der Waals surface area contributed by atoms with Crippen molar-refractivity contribution in [2.45, 2.75) is 26.8 Å². The molecule has 19 heavy (non-hydrogen) atoms. The van der Waals surface area contributed by atoms with E-state index >= 15 is 0 Å². The molecule has 1 heterocycles. The van der Waals surface area contributed by atoms with Crippen molar-refractivity contribution in [3.63, 3.8) is 0 Å². The second-order valence-electron chi connectivity index (χ2n) is 4.35. The number of nitrogens with one attached hydrogen (secondary N) is 1. The van der Waals surface area contributed by atoms with Crippen LogP contribution in [0.15, 0.2) is 42.6 Å². The van der Waals surface area contributed by atoms with E-state index in [-0.39, 0.29) is 0 Å². The number of aromatic nitrogens is 1. The van der Waals surface area contributed by atoms with Crippen molar-refractivity contribution in [3.8, 4) is 11.6 Å². The third kappa shape index (κ3) is 3.80. The fourth-order valence-electron chi connectivity index (χ4n) is 1.89. The van der Waals surface area contributed by atoms with Crippen molar-refractivity contribution in [3.05, 3.63) is 53.7 Å². The second kappa shape index (κ2) is 6.90. The van der Waals surface area contributed by atoms with Crippen molar-refractivity contribution in [1.29, 1.82) is 0 Å². The molecular formula is C16H20N2O. The maximum absolute atomic E-state index is 5.88. The summed E-state index contributed by atoms with van der Waals surface area (Å²) >= 11 is 0. The minimum atomic E-state index is 0.649. The lowest BCUT2D eigenvalue weighted by atomic mass is 10.1. The average Bonchev–Trinajstić information content (AvgIpc) is 2.46. The Morgan fingerprint density at radius 2 is 2.00 bits per heavy atom. The van der Waals surface area contributed by atoms with Gasteiger partial charge in [0, 0.05) is 18.8 Å². The van der Waals surface area contributed by atoms with Gasteiger partial charge in [0.2, 0.25) is 5.88 Å². The summed E-state index contributed by atoms with van der Waals surface area (Å²) in [6.45, 7) is 6.01. The third-order valence-corrected chi connectivity index (χ3v) is 2.95. The van der Waals surface area contributed by atoms with Gasteiger partial charge in [-0.2, -0.15) is 0 Å². The molecule has 0 saturated carbocycles. The molecule has 2 rings (SSSR count). The van der Waals surface area contributed by atoms with Crippen LogP contribution >= 0.6 is 0 Å². The van der Waals surface area contributed by atoms with Crippen molar-refractivity contribution in [1.82, 2.24) is 10.3 Å². The summed E-state index contributed by atoms with van der Waals surface area (Å²) in [5.74, 6) is 1.54. The predicted octanol–water partition coefficient (Wildman–Crippen LogP) is 3.55. The molecule has 0 saturated heterocycles. The molecule has 0 atom stereocenters. The monoisotopic (exact) mass is 256 g/mol. The minimum Gasteiger partial charge on any atom is -0.439 e. The fourth-order valence-corrected chi connectivity index (χ4v) is 1.89. The van der Waals surface area contributed by atoms with Crippen molar-refractivity contribution >= 4 is 0 Å². The highest BCUT2D eigenvalue weighted by Crippen LogP contribution is 2.24. The molecule has 0 aliphatic carbocycles. The largest absolute Gasteiger partial charge is 0.439 e. The zero-order valence-corrected chi connectivity index (χ0v) is 11.5. The molecule has 0 unspecified atom stereocenters. The number of benzene rings is 1. The molecule has 1 aromatic heterocycles. The second-order valence-corrected chi connectivity index (χ2v) is 4.35. The highest BCUT2D eigenvalue weighted by Gasteiger charge is 2.04. The zero-order valence-electron chi connectivity index (χ0n) is 11.5. The van der Waals surface area contributed by atoms with Gasteiger partial charge in [0.15, 0.2) is 0 Å². The Kier molecular flexibility index (Phi) is 4.93. The Hall–Kier alpha value is -1.87. The summed E-state index contributed by atoms with van der Waals surface area (Å²) in [7, 11) is 0. The van der Waals surface area contributed by atoms with Gasteiger partial charge in [-0.25, -0.2) is 4.98 Å². The van der Waals surface area contributed by atoms with Crippen molar-refractivity contribution in [2.24, 2.45) is 0 Å². The SMILES string of the molecule is CCNCc1ccnc(Oc2ccccc2CC)c1. The van der Waals surface area contributed by atoms with E-state index in [2.05, 4.69) is 30.2 Å². The molecule has 100 valence electrons. The number of pyridine rings is 1. The Bertz CT molecular complexity index is 526. The molecule has 0 bridgehead atoms. The van der Waals surface area contributed by atoms with Gasteiger partial charge in [-0.3, -0.25) is 0 Å². The van der Waals surface area contributed by atoms with E-state index in [4.69, 9.17) is 4.74 Å².